The molecule has 1 aliphatic rings. The molecule has 15 heavy (non-hydrogen) atoms. The second kappa shape index (κ2) is 5.11. The van der Waals surface area contributed by atoms with E-state index >= 15 is 0 Å². The summed E-state index contributed by atoms with van der Waals surface area (Å²) in [6, 6.07) is 0. The summed E-state index contributed by atoms with van der Waals surface area (Å²) in [5.41, 5.74) is -0.142. The molecule has 88 valence electrons. The van der Waals surface area contributed by atoms with Gasteiger partial charge in [0.05, 0.1) is 11.5 Å². The minimum absolute atomic E-state index is 0.142. The molecule has 1 fully saturated rings. The summed E-state index contributed by atoms with van der Waals surface area (Å²) in [5.74, 6) is 1.08. The Morgan fingerprint density at radius 3 is 2.40 bits per heavy atom. The molecule has 0 radical (unpaired) electrons. The van der Waals surface area contributed by atoms with Gasteiger partial charge in [-0.05, 0) is 25.2 Å². The maximum atomic E-state index is 11.6. The topological polar surface area (TPSA) is 26.3 Å². The van der Waals surface area contributed by atoms with Crippen LogP contribution in [0.15, 0.2) is 0 Å². The monoisotopic (exact) mass is 212 g/mol. The molecule has 2 heteroatoms. The van der Waals surface area contributed by atoms with Crippen LogP contribution in [0.4, 0.5) is 0 Å². The van der Waals surface area contributed by atoms with E-state index in [1.54, 1.807) is 0 Å². The molecule has 0 aromatic heterocycles. The molecule has 0 bridgehead atoms. The van der Waals surface area contributed by atoms with Crippen LogP contribution < -0.4 is 0 Å². The number of carbonyl (C=O) groups is 1. The molecule has 0 saturated heterocycles. The highest BCUT2D eigenvalue weighted by Gasteiger charge is 2.52. The zero-order chi connectivity index (χ0) is 11.5. The number of carbonyl (C=O) groups excluding carboxylic acids is 1. The van der Waals surface area contributed by atoms with Gasteiger partial charge in [0.2, 0.25) is 0 Å². The lowest BCUT2D eigenvalue weighted by molar-refractivity contribution is -0.165. The van der Waals surface area contributed by atoms with Crippen LogP contribution in [0, 0.1) is 11.3 Å². The first-order valence-corrected chi connectivity index (χ1v) is 6.21. The smallest absolute Gasteiger partial charge is 0.144 e. The third-order valence-electron chi connectivity index (χ3n) is 3.82. The lowest BCUT2D eigenvalue weighted by Gasteiger charge is -2.46. The normalized spacial score (nSPS) is 24.3. The van der Waals surface area contributed by atoms with Crippen molar-refractivity contribution in [3.8, 4) is 0 Å². The average Bonchev–Trinajstić information content (AvgIpc) is 2.18. The van der Waals surface area contributed by atoms with E-state index in [0.717, 1.165) is 25.9 Å². The maximum Gasteiger partial charge on any atom is 0.144 e. The van der Waals surface area contributed by atoms with Crippen molar-refractivity contribution in [2.24, 2.45) is 11.3 Å². The van der Waals surface area contributed by atoms with Gasteiger partial charge in [-0.25, -0.2) is 0 Å². The lowest BCUT2D eigenvalue weighted by Crippen LogP contribution is -2.54. The minimum Gasteiger partial charge on any atom is -0.377 e. The third kappa shape index (κ3) is 2.41. The molecular formula is C13H24O2. The molecule has 1 rings (SSSR count). The molecule has 0 aliphatic heterocycles. The van der Waals surface area contributed by atoms with E-state index in [2.05, 4.69) is 27.7 Å². The van der Waals surface area contributed by atoms with Gasteiger partial charge in [-0.15, -0.1) is 0 Å². The van der Waals surface area contributed by atoms with Crippen molar-refractivity contribution in [1.29, 1.82) is 0 Å². The van der Waals surface area contributed by atoms with Crippen LogP contribution in [-0.2, 0) is 9.53 Å². The van der Waals surface area contributed by atoms with Gasteiger partial charge in [0.1, 0.15) is 5.78 Å². The molecule has 0 spiro atoms. The van der Waals surface area contributed by atoms with Gasteiger partial charge in [-0.3, -0.25) is 4.79 Å². The Morgan fingerprint density at radius 1 is 1.40 bits per heavy atom. The van der Waals surface area contributed by atoms with Crippen molar-refractivity contribution < 1.29 is 9.53 Å². The summed E-state index contributed by atoms with van der Waals surface area (Å²) in [7, 11) is 0. The zero-order valence-electron chi connectivity index (χ0n) is 10.5. The Bertz CT molecular complexity index is 217. The number of ketones is 1. The van der Waals surface area contributed by atoms with Crippen LogP contribution in [0.25, 0.3) is 0 Å². The lowest BCUT2D eigenvalue weighted by atomic mass is 9.61. The SMILES string of the molecule is CCC1(CC)C(=O)CC1OCCC(C)C. The number of rotatable bonds is 6. The van der Waals surface area contributed by atoms with Crippen molar-refractivity contribution in [1.82, 2.24) is 0 Å². The summed E-state index contributed by atoms with van der Waals surface area (Å²) >= 11 is 0. The Hall–Kier alpha value is -0.370. The van der Waals surface area contributed by atoms with Crippen LogP contribution >= 0.6 is 0 Å². The Labute approximate surface area is 93.4 Å². The first-order valence-electron chi connectivity index (χ1n) is 6.21. The van der Waals surface area contributed by atoms with Gasteiger partial charge in [-0.1, -0.05) is 27.7 Å². The summed E-state index contributed by atoms with van der Waals surface area (Å²) in [5, 5.41) is 0. The van der Waals surface area contributed by atoms with Gasteiger partial charge in [0.25, 0.3) is 0 Å². The fourth-order valence-corrected chi connectivity index (χ4v) is 2.38. The molecule has 1 atom stereocenters. The van der Waals surface area contributed by atoms with Crippen molar-refractivity contribution in [3.05, 3.63) is 0 Å². The second-order valence-corrected chi connectivity index (χ2v) is 5.03. The Morgan fingerprint density at radius 2 is 2.00 bits per heavy atom. The van der Waals surface area contributed by atoms with Crippen LogP contribution in [0.1, 0.15) is 53.4 Å². The molecular weight excluding hydrogens is 188 g/mol. The van der Waals surface area contributed by atoms with E-state index in [4.69, 9.17) is 4.74 Å². The molecule has 0 amide bonds. The van der Waals surface area contributed by atoms with Gasteiger partial charge >= 0.3 is 0 Å². The maximum absolute atomic E-state index is 11.6. The molecule has 0 aromatic carbocycles. The van der Waals surface area contributed by atoms with Crippen molar-refractivity contribution >= 4 is 5.78 Å². The second-order valence-electron chi connectivity index (χ2n) is 5.03. The molecule has 1 unspecified atom stereocenters. The minimum atomic E-state index is -0.142. The van der Waals surface area contributed by atoms with Crippen LogP contribution in [0.2, 0.25) is 0 Å². The van der Waals surface area contributed by atoms with E-state index in [0.29, 0.717) is 18.1 Å². The highest BCUT2D eigenvalue weighted by molar-refractivity contribution is 5.92. The first kappa shape index (κ1) is 12.7. The Balaban J connectivity index is 2.40. The van der Waals surface area contributed by atoms with Gasteiger partial charge in [0, 0.05) is 13.0 Å². The largest absolute Gasteiger partial charge is 0.377 e. The van der Waals surface area contributed by atoms with Crippen molar-refractivity contribution in [3.63, 3.8) is 0 Å². The predicted molar refractivity (Wildman–Crippen MR) is 61.8 cm³/mol. The molecule has 1 aliphatic carbocycles. The number of hydrogen-bond acceptors (Lipinski definition) is 2. The highest BCUT2D eigenvalue weighted by Crippen LogP contribution is 2.45. The summed E-state index contributed by atoms with van der Waals surface area (Å²) in [6.45, 7) is 9.39. The van der Waals surface area contributed by atoms with Crippen LogP contribution in [-0.4, -0.2) is 18.5 Å². The molecule has 0 heterocycles. The Kier molecular flexibility index (Phi) is 4.32. The van der Waals surface area contributed by atoms with E-state index in [1.807, 2.05) is 0 Å². The molecule has 1 saturated carbocycles. The van der Waals surface area contributed by atoms with Crippen LogP contribution in [0.5, 0.6) is 0 Å². The molecule has 0 N–H and O–H groups in total. The quantitative estimate of drug-likeness (QED) is 0.676. The van der Waals surface area contributed by atoms with E-state index < -0.39 is 0 Å². The third-order valence-corrected chi connectivity index (χ3v) is 3.82. The van der Waals surface area contributed by atoms with Gasteiger partial charge in [0.15, 0.2) is 0 Å². The number of hydrogen-bond donors (Lipinski definition) is 0. The fraction of sp³-hybridized carbons (Fsp3) is 0.923. The predicted octanol–water partition coefficient (Wildman–Crippen LogP) is 3.20. The zero-order valence-corrected chi connectivity index (χ0v) is 10.5. The van der Waals surface area contributed by atoms with Crippen molar-refractivity contribution in [2.75, 3.05) is 6.61 Å². The van der Waals surface area contributed by atoms with E-state index in [1.165, 1.54) is 0 Å². The van der Waals surface area contributed by atoms with E-state index in [9.17, 15) is 4.79 Å². The van der Waals surface area contributed by atoms with Gasteiger partial charge in [-0.2, -0.15) is 0 Å². The van der Waals surface area contributed by atoms with Crippen molar-refractivity contribution in [2.45, 2.75) is 59.5 Å². The first-order chi connectivity index (χ1) is 7.06. The summed E-state index contributed by atoms with van der Waals surface area (Å²) in [6.07, 6.45) is 3.77. The number of ether oxygens (including phenoxy) is 1. The standard InChI is InChI=1S/C13H24O2/c1-5-13(6-2)11(14)9-12(13)15-8-7-10(3)4/h10,12H,5-9H2,1-4H3. The van der Waals surface area contributed by atoms with Gasteiger partial charge < -0.3 is 4.74 Å². The molecule has 0 aromatic rings. The molecule has 2 nitrogen and oxygen atoms in total. The highest BCUT2D eigenvalue weighted by atomic mass is 16.5. The fourth-order valence-electron chi connectivity index (χ4n) is 2.38. The van der Waals surface area contributed by atoms with E-state index in [-0.39, 0.29) is 11.5 Å². The number of Topliss-reactive ketones (excluding diaryl/α,β-unsaturated/α-hetero) is 1. The average molecular weight is 212 g/mol. The van der Waals surface area contributed by atoms with Crippen LogP contribution in [0.3, 0.4) is 0 Å². The summed E-state index contributed by atoms with van der Waals surface area (Å²) < 4.78 is 5.84. The summed E-state index contributed by atoms with van der Waals surface area (Å²) in [4.78, 5) is 11.6.